The van der Waals surface area contributed by atoms with Crippen molar-refractivity contribution in [2.24, 2.45) is 0 Å². The molecule has 5 nitrogen and oxygen atoms in total. The second-order valence-corrected chi connectivity index (χ2v) is 5.51. The van der Waals surface area contributed by atoms with Crippen LogP contribution >= 0.6 is 0 Å². The topological polar surface area (TPSA) is 58.1 Å². The van der Waals surface area contributed by atoms with Crippen molar-refractivity contribution in [2.45, 2.75) is 25.7 Å². The number of hydrogen-bond acceptors (Lipinski definition) is 4. The number of hydrogen-bond donors (Lipinski definition) is 1. The minimum absolute atomic E-state index is 0.0855. The average molecular weight is 296 g/mol. The molecule has 3 heterocycles. The molecule has 0 aromatic carbocycles. The van der Waals surface area contributed by atoms with E-state index in [2.05, 4.69) is 15.3 Å². The van der Waals surface area contributed by atoms with Crippen LogP contribution in [0.4, 0.5) is 11.5 Å². The van der Waals surface area contributed by atoms with Crippen LogP contribution in [0, 0.1) is 0 Å². The summed E-state index contributed by atoms with van der Waals surface area (Å²) in [4.78, 5) is 22.8. The molecule has 0 atom stereocenters. The van der Waals surface area contributed by atoms with Crippen molar-refractivity contribution in [3.05, 3.63) is 48.4 Å². The Labute approximate surface area is 130 Å². The van der Waals surface area contributed by atoms with Crippen LogP contribution in [0.5, 0.6) is 0 Å². The number of nitrogens with zero attached hydrogens (tertiary/aromatic N) is 3. The molecule has 1 aliphatic heterocycles. The van der Waals surface area contributed by atoms with Crippen molar-refractivity contribution in [3.8, 4) is 0 Å². The molecule has 3 rings (SSSR count). The molecule has 5 heteroatoms. The van der Waals surface area contributed by atoms with E-state index in [9.17, 15) is 4.79 Å². The molecule has 1 fully saturated rings. The Morgan fingerprint density at radius 3 is 2.50 bits per heavy atom. The highest BCUT2D eigenvalue weighted by Gasteiger charge is 2.17. The van der Waals surface area contributed by atoms with Gasteiger partial charge in [-0.1, -0.05) is 12.8 Å². The van der Waals surface area contributed by atoms with Crippen LogP contribution < -0.4 is 5.32 Å². The predicted octanol–water partition coefficient (Wildman–Crippen LogP) is 3.24. The molecule has 0 bridgehead atoms. The van der Waals surface area contributed by atoms with Gasteiger partial charge in [-0.2, -0.15) is 0 Å². The summed E-state index contributed by atoms with van der Waals surface area (Å²) in [6, 6.07) is 7.45. The number of carbonyl (C=O) groups is 1. The number of likely N-dealkylation sites (tertiary alicyclic amines) is 1. The molecule has 114 valence electrons. The maximum Gasteiger partial charge on any atom is 0.255 e. The van der Waals surface area contributed by atoms with Crippen molar-refractivity contribution in [2.75, 3.05) is 18.4 Å². The zero-order valence-electron chi connectivity index (χ0n) is 12.5. The highest BCUT2D eigenvalue weighted by atomic mass is 16.2. The molecule has 0 spiro atoms. The van der Waals surface area contributed by atoms with E-state index in [0.29, 0.717) is 11.4 Å². The van der Waals surface area contributed by atoms with Crippen LogP contribution in [-0.2, 0) is 0 Å². The molecule has 2 aromatic heterocycles. The monoisotopic (exact) mass is 296 g/mol. The zero-order valence-corrected chi connectivity index (χ0v) is 12.5. The van der Waals surface area contributed by atoms with Crippen molar-refractivity contribution < 1.29 is 4.79 Å². The maximum atomic E-state index is 12.5. The summed E-state index contributed by atoms with van der Waals surface area (Å²) in [5.41, 5.74) is 1.53. The summed E-state index contributed by atoms with van der Waals surface area (Å²) in [6.45, 7) is 1.71. The van der Waals surface area contributed by atoms with Crippen LogP contribution in [0.25, 0.3) is 0 Å². The number of rotatable bonds is 3. The Kier molecular flexibility index (Phi) is 4.63. The lowest BCUT2D eigenvalue weighted by Crippen LogP contribution is -2.31. The van der Waals surface area contributed by atoms with Gasteiger partial charge in [0.2, 0.25) is 0 Å². The molecular weight excluding hydrogens is 276 g/mol. The fourth-order valence-electron chi connectivity index (χ4n) is 2.64. The van der Waals surface area contributed by atoms with Gasteiger partial charge < -0.3 is 10.2 Å². The van der Waals surface area contributed by atoms with Gasteiger partial charge in [0.15, 0.2) is 0 Å². The Balaban J connectivity index is 1.66. The number of nitrogens with one attached hydrogen (secondary N) is 1. The van der Waals surface area contributed by atoms with E-state index in [1.165, 1.54) is 12.8 Å². The van der Waals surface area contributed by atoms with E-state index in [1.807, 2.05) is 29.2 Å². The van der Waals surface area contributed by atoms with Gasteiger partial charge in [-0.15, -0.1) is 0 Å². The molecule has 22 heavy (non-hydrogen) atoms. The predicted molar refractivity (Wildman–Crippen MR) is 86.1 cm³/mol. The zero-order chi connectivity index (χ0) is 15.2. The first kappa shape index (κ1) is 14.5. The molecule has 0 aliphatic carbocycles. The Morgan fingerprint density at radius 1 is 1.05 bits per heavy atom. The second kappa shape index (κ2) is 7.02. The van der Waals surface area contributed by atoms with Gasteiger partial charge in [0.1, 0.15) is 5.82 Å². The third-order valence-electron chi connectivity index (χ3n) is 3.84. The number of amides is 1. The van der Waals surface area contributed by atoms with E-state index < -0.39 is 0 Å². The summed E-state index contributed by atoms with van der Waals surface area (Å²) in [7, 11) is 0. The maximum absolute atomic E-state index is 12.5. The first-order valence-corrected chi connectivity index (χ1v) is 7.75. The normalized spacial score (nSPS) is 15.2. The molecule has 0 unspecified atom stereocenters. The number of pyridine rings is 2. The van der Waals surface area contributed by atoms with Crippen LogP contribution in [0.1, 0.15) is 36.0 Å². The first-order chi connectivity index (χ1) is 10.8. The second-order valence-electron chi connectivity index (χ2n) is 5.51. The largest absolute Gasteiger partial charge is 0.339 e. The van der Waals surface area contributed by atoms with Crippen molar-refractivity contribution >= 4 is 17.4 Å². The molecular formula is C17H20N4O. The van der Waals surface area contributed by atoms with Gasteiger partial charge in [0, 0.05) is 25.5 Å². The number of aromatic nitrogens is 2. The molecule has 1 N–H and O–H groups in total. The molecule has 2 aromatic rings. The molecule has 1 aliphatic rings. The third kappa shape index (κ3) is 3.61. The van der Waals surface area contributed by atoms with Crippen LogP contribution in [-0.4, -0.2) is 33.9 Å². The molecule has 1 saturated heterocycles. The molecule has 0 radical (unpaired) electrons. The smallest absolute Gasteiger partial charge is 0.255 e. The highest BCUT2D eigenvalue weighted by molar-refractivity contribution is 5.94. The third-order valence-corrected chi connectivity index (χ3v) is 3.84. The quantitative estimate of drug-likeness (QED) is 0.944. The van der Waals surface area contributed by atoms with Crippen LogP contribution in [0.3, 0.4) is 0 Å². The number of anilines is 2. The summed E-state index contributed by atoms with van der Waals surface area (Å²) >= 11 is 0. The fourth-order valence-corrected chi connectivity index (χ4v) is 2.64. The van der Waals surface area contributed by atoms with Crippen molar-refractivity contribution in [3.63, 3.8) is 0 Å². The standard InChI is InChI=1S/C17H20N4O/c22-17(21-10-3-1-2-4-11-21)14-7-8-16(19-12-14)20-15-6-5-9-18-13-15/h5-9,12-13H,1-4,10-11H2,(H,19,20). The minimum atomic E-state index is 0.0855. The Hall–Kier alpha value is -2.43. The molecule has 0 saturated carbocycles. The fraction of sp³-hybridized carbons (Fsp3) is 0.353. The summed E-state index contributed by atoms with van der Waals surface area (Å²) in [5, 5.41) is 3.16. The Bertz CT molecular complexity index is 604. The van der Waals surface area contributed by atoms with Crippen molar-refractivity contribution in [1.29, 1.82) is 0 Å². The molecule has 1 amide bonds. The van der Waals surface area contributed by atoms with Gasteiger partial charge in [0.25, 0.3) is 5.91 Å². The van der Waals surface area contributed by atoms with E-state index in [-0.39, 0.29) is 5.91 Å². The SMILES string of the molecule is O=C(c1ccc(Nc2cccnc2)nc1)N1CCCCCC1. The van der Waals surface area contributed by atoms with Gasteiger partial charge in [-0.25, -0.2) is 4.98 Å². The van der Waals surface area contributed by atoms with E-state index in [1.54, 1.807) is 18.6 Å². The van der Waals surface area contributed by atoms with E-state index in [4.69, 9.17) is 0 Å². The minimum Gasteiger partial charge on any atom is -0.339 e. The van der Waals surface area contributed by atoms with E-state index in [0.717, 1.165) is 31.6 Å². The Morgan fingerprint density at radius 2 is 1.86 bits per heavy atom. The summed E-state index contributed by atoms with van der Waals surface area (Å²) in [6.07, 6.45) is 9.73. The first-order valence-electron chi connectivity index (χ1n) is 7.75. The van der Waals surface area contributed by atoms with Crippen molar-refractivity contribution in [1.82, 2.24) is 14.9 Å². The van der Waals surface area contributed by atoms with Crippen LogP contribution in [0.15, 0.2) is 42.9 Å². The summed E-state index contributed by atoms with van der Waals surface area (Å²) < 4.78 is 0. The summed E-state index contributed by atoms with van der Waals surface area (Å²) in [5.74, 6) is 0.794. The number of carbonyl (C=O) groups excluding carboxylic acids is 1. The average Bonchev–Trinajstić information content (AvgIpc) is 2.85. The van der Waals surface area contributed by atoms with Gasteiger partial charge in [0.05, 0.1) is 17.4 Å². The van der Waals surface area contributed by atoms with E-state index >= 15 is 0 Å². The lowest BCUT2D eigenvalue weighted by molar-refractivity contribution is 0.0761. The highest BCUT2D eigenvalue weighted by Crippen LogP contribution is 2.16. The lowest BCUT2D eigenvalue weighted by atomic mass is 10.2. The van der Waals surface area contributed by atoms with Gasteiger partial charge >= 0.3 is 0 Å². The van der Waals surface area contributed by atoms with Gasteiger partial charge in [-0.3, -0.25) is 9.78 Å². The van der Waals surface area contributed by atoms with Gasteiger partial charge in [-0.05, 0) is 37.1 Å². The van der Waals surface area contributed by atoms with Crippen LogP contribution in [0.2, 0.25) is 0 Å². The lowest BCUT2D eigenvalue weighted by Gasteiger charge is -2.20.